The van der Waals surface area contributed by atoms with Crippen molar-refractivity contribution in [2.45, 2.75) is 322 Å². The molecule has 0 amide bonds. The van der Waals surface area contributed by atoms with Gasteiger partial charge in [0.2, 0.25) is 0 Å². The minimum atomic E-state index is -0.780. The lowest BCUT2D eigenvalue weighted by molar-refractivity contribution is -0.167. The molecule has 0 saturated heterocycles. The largest absolute Gasteiger partial charge is 0.462 e. The van der Waals surface area contributed by atoms with Gasteiger partial charge in [-0.15, -0.1) is 0 Å². The van der Waals surface area contributed by atoms with E-state index in [2.05, 4.69) is 69.4 Å². The summed E-state index contributed by atoms with van der Waals surface area (Å²) in [6.45, 7) is 6.55. The maximum absolute atomic E-state index is 12.9. The van der Waals surface area contributed by atoms with Crippen molar-refractivity contribution in [1.82, 2.24) is 0 Å². The van der Waals surface area contributed by atoms with Gasteiger partial charge in [-0.1, -0.05) is 268 Å². The molecule has 0 aromatic rings. The van der Waals surface area contributed by atoms with Crippen molar-refractivity contribution >= 4 is 17.9 Å². The quantitative estimate of drug-likeness (QED) is 0.0262. The summed E-state index contributed by atoms with van der Waals surface area (Å²) >= 11 is 0. The molecule has 0 rings (SSSR count). The van der Waals surface area contributed by atoms with Gasteiger partial charge in [-0.05, 0) is 77.0 Å². The van der Waals surface area contributed by atoms with E-state index in [9.17, 15) is 14.4 Å². The average molecular weight is 968 g/mol. The minimum Gasteiger partial charge on any atom is -0.462 e. The second-order valence-corrected chi connectivity index (χ2v) is 20.2. The van der Waals surface area contributed by atoms with Gasteiger partial charge in [0.05, 0.1) is 0 Å². The predicted octanol–water partition coefficient (Wildman–Crippen LogP) is 20.2. The molecule has 0 spiro atoms. The first-order valence-electron chi connectivity index (χ1n) is 30.1. The lowest BCUT2D eigenvalue weighted by Gasteiger charge is -2.18. The summed E-state index contributed by atoms with van der Waals surface area (Å²) in [5, 5.41) is 0. The van der Waals surface area contributed by atoms with Gasteiger partial charge in [-0.3, -0.25) is 14.4 Å². The number of allylic oxidation sites excluding steroid dienone is 8. The summed E-state index contributed by atoms with van der Waals surface area (Å²) in [5.41, 5.74) is 0. The molecule has 0 bridgehead atoms. The van der Waals surface area contributed by atoms with Gasteiger partial charge in [-0.2, -0.15) is 0 Å². The van der Waals surface area contributed by atoms with Crippen molar-refractivity contribution in [3.05, 3.63) is 48.6 Å². The smallest absolute Gasteiger partial charge is 0.306 e. The number of carbonyl (C=O) groups excluding carboxylic acids is 3. The number of hydrogen-bond acceptors (Lipinski definition) is 6. The third-order valence-corrected chi connectivity index (χ3v) is 13.3. The van der Waals surface area contributed by atoms with Crippen LogP contribution in [0.5, 0.6) is 0 Å². The molecule has 0 fully saturated rings. The molecular formula is C63H114O6. The van der Waals surface area contributed by atoms with Crippen LogP contribution in [0.3, 0.4) is 0 Å². The van der Waals surface area contributed by atoms with Gasteiger partial charge < -0.3 is 14.2 Å². The molecule has 6 nitrogen and oxygen atoms in total. The third kappa shape index (κ3) is 56.2. The highest BCUT2D eigenvalue weighted by Crippen LogP contribution is 2.17. The highest BCUT2D eigenvalue weighted by atomic mass is 16.6. The zero-order valence-corrected chi connectivity index (χ0v) is 46.1. The fourth-order valence-electron chi connectivity index (χ4n) is 8.81. The van der Waals surface area contributed by atoms with E-state index in [0.717, 1.165) is 96.3 Å². The Balaban J connectivity index is 4.36. The van der Waals surface area contributed by atoms with E-state index in [4.69, 9.17) is 14.2 Å². The van der Waals surface area contributed by atoms with E-state index in [0.29, 0.717) is 19.3 Å². The predicted molar refractivity (Wildman–Crippen MR) is 298 cm³/mol. The molecule has 1 atom stereocenters. The van der Waals surface area contributed by atoms with Gasteiger partial charge in [0.1, 0.15) is 13.2 Å². The third-order valence-electron chi connectivity index (χ3n) is 13.3. The van der Waals surface area contributed by atoms with Crippen LogP contribution in [0, 0.1) is 0 Å². The highest BCUT2D eigenvalue weighted by molar-refractivity contribution is 5.71. The molecule has 0 unspecified atom stereocenters. The molecule has 6 heteroatoms. The van der Waals surface area contributed by atoms with E-state index in [1.54, 1.807) is 0 Å². The summed E-state index contributed by atoms with van der Waals surface area (Å²) in [6, 6.07) is 0. The van der Waals surface area contributed by atoms with Crippen molar-refractivity contribution < 1.29 is 28.6 Å². The van der Waals surface area contributed by atoms with Crippen molar-refractivity contribution in [3.63, 3.8) is 0 Å². The van der Waals surface area contributed by atoms with Gasteiger partial charge in [-0.25, -0.2) is 0 Å². The van der Waals surface area contributed by atoms with E-state index in [1.165, 1.54) is 180 Å². The monoisotopic (exact) mass is 967 g/mol. The highest BCUT2D eigenvalue weighted by Gasteiger charge is 2.19. The Kier molecular flexibility index (Phi) is 55.7. The second kappa shape index (κ2) is 57.9. The van der Waals surface area contributed by atoms with E-state index in [-0.39, 0.29) is 31.1 Å². The zero-order valence-electron chi connectivity index (χ0n) is 46.1. The first-order valence-corrected chi connectivity index (χ1v) is 30.1. The van der Waals surface area contributed by atoms with E-state index < -0.39 is 6.10 Å². The molecule has 69 heavy (non-hydrogen) atoms. The Morgan fingerprint density at radius 1 is 0.304 bits per heavy atom. The fourth-order valence-corrected chi connectivity index (χ4v) is 8.81. The Morgan fingerprint density at radius 3 is 0.899 bits per heavy atom. The molecule has 0 N–H and O–H groups in total. The Morgan fingerprint density at radius 2 is 0.565 bits per heavy atom. The molecule has 0 aromatic heterocycles. The topological polar surface area (TPSA) is 78.9 Å². The lowest BCUT2D eigenvalue weighted by atomic mass is 10.0. The number of rotatable bonds is 55. The number of hydrogen-bond donors (Lipinski definition) is 0. The van der Waals surface area contributed by atoms with Crippen LogP contribution in [0.25, 0.3) is 0 Å². The number of esters is 3. The van der Waals surface area contributed by atoms with Gasteiger partial charge in [0.25, 0.3) is 0 Å². The lowest BCUT2D eigenvalue weighted by Crippen LogP contribution is -2.30. The molecule has 0 heterocycles. The summed E-state index contributed by atoms with van der Waals surface area (Å²) in [6.07, 6.45) is 71.1. The van der Waals surface area contributed by atoms with Crippen LogP contribution >= 0.6 is 0 Å². The molecular weight excluding hydrogens is 853 g/mol. The second-order valence-electron chi connectivity index (χ2n) is 20.2. The Labute approximate surface area is 428 Å². The van der Waals surface area contributed by atoms with Crippen molar-refractivity contribution in [3.8, 4) is 0 Å². The van der Waals surface area contributed by atoms with Gasteiger partial charge in [0, 0.05) is 19.3 Å². The van der Waals surface area contributed by atoms with Crippen LogP contribution in [0.1, 0.15) is 316 Å². The average Bonchev–Trinajstić information content (AvgIpc) is 3.35. The Bertz CT molecular complexity index is 1200. The fraction of sp³-hybridized carbons (Fsp3) is 0.825. The molecule has 402 valence electrons. The summed E-state index contributed by atoms with van der Waals surface area (Å²) in [7, 11) is 0. The first-order chi connectivity index (χ1) is 34.0. The Hall–Kier alpha value is -2.63. The van der Waals surface area contributed by atoms with Crippen molar-refractivity contribution in [2.75, 3.05) is 13.2 Å². The van der Waals surface area contributed by atoms with Crippen molar-refractivity contribution in [1.29, 1.82) is 0 Å². The van der Waals surface area contributed by atoms with Gasteiger partial charge in [0.15, 0.2) is 6.10 Å². The van der Waals surface area contributed by atoms with Crippen LogP contribution in [0.4, 0.5) is 0 Å². The summed E-state index contributed by atoms with van der Waals surface area (Å²) < 4.78 is 16.9. The number of unbranched alkanes of at least 4 members (excludes halogenated alkanes) is 36. The standard InChI is InChI=1S/C63H114O6/c1-4-7-10-13-16-19-22-25-28-30-31-33-36-39-42-45-48-51-54-57-63(66)69-60(58-67-61(64)55-52-49-46-43-40-37-34-27-24-21-18-15-12-9-6-3)59-68-62(65)56-53-50-47-44-41-38-35-32-29-26-23-20-17-14-11-8-5-2/h9,12,18,21,26-27,29,34,60H,4-8,10-11,13-17,19-20,22-25,28,30-33,35-59H2,1-3H3/b12-9-,21-18-,29-26-,34-27-/t60-/m1/s1. The molecule has 0 aliphatic carbocycles. The van der Waals surface area contributed by atoms with E-state index in [1.807, 2.05) is 0 Å². The number of carbonyl (C=O) groups is 3. The van der Waals surface area contributed by atoms with Crippen LogP contribution < -0.4 is 0 Å². The maximum atomic E-state index is 12.9. The normalized spacial score (nSPS) is 12.3. The summed E-state index contributed by atoms with van der Waals surface area (Å²) in [4.78, 5) is 38.2. The molecule has 0 aromatic carbocycles. The maximum Gasteiger partial charge on any atom is 0.306 e. The number of ether oxygens (including phenoxy) is 3. The molecule has 0 saturated carbocycles. The van der Waals surface area contributed by atoms with Crippen LogP contribution in [-0.4, -0.2) is 37.2 Å². The molecule has 0 radical (unpaired) electrons. The van der Waals surface area contributed by atoms with Crippen molar-refractivity contribution in [2.24, 2.45) is 0 Å². The molecule has 0 aliphatic heterocycles. The van der Waals surface area contributed by atoms with E-state index >= 15 is 0 Å². The van der Waals surface area contributed by atoms with Gasteiger partial charge >= 0.3 is 17.9 Å². The zero-order chi connectivity index (χ0) is 50.0. The summed E-state index contributed by atoms with van der Waals surface area (Å²) in [5.74, 6) is -0.881. The van der Waals surface area contributed by atoms with Crippen LogP contribution in [0.15, 0.2) is 48.6 Å². The van der Waals surface area contributed by atoms with Crippen LogP contribution in [0.2, 0.25) is 0 Å². The molecule has 0 aliphatic rings. The minimum absolute atomic E-state index is 0.0779. The SMILES string of the molecule is CC/C=C\C/C=C\C/C=C\CCCCCCCC(=O)OC[C@H](COC(=O)CCCCCCCCC/C=C\CCCCCCCC)OC(=O)CCCCCCCCCCCCCCCCCCCCC. The first kappa shape index (κ1) is 66.4. The van der Waals surface area contributed by atoms with Crippen LogP contribution in [-0.2, 0) is 28.6 Å².